The van der Waals surface area contributed by atoms with Gasteiger partial charge in [0.1, 0.15) is 12.4 Å². The normalized spacial score (nSPS) is 11.8. The standard InChI is InChI=1S/C19H27FN4OS/c1-4-21-19(23-12-16-11-18(14(2)3)24-25-16)22-9-10-26-13-15-7-5-6-8-17(15)20/h5-8,11,14H,4,9-10,12-13H2,1-3H3,(H2,21,22,23). The SMILES string of the molecule is CCNC(=NCc1cc(C(C)C)no1)NCCSCc1ccccc1F. The Hall–Kier alpha value is -2.02. The Balaban J connectivity index is 1.75. The molecule has 26 heavy (non-hydrogen) atoms. The molecular formula is C19H27FN4OS. The minimum absolute atomic E-state index is 0.143. The van der Waals surface area contributed by atoms with E-state index < -0.39 is 0 Å². The summed E-state index contributed by atoms with van der Waals surface area (Å²) < 4.78 is 18.9. The maximum atomic E-state index is 13.6. The fourth-order valence-corrected chi connectivity index (χ4v) is 3.06. The highest BCUT2D eigenvalue weighted by atomic mass is 32.2. The lowest BCUT2D eigenvalue weighted by atomic mass is 10.1. The monoisotopic (exact) mass is 378 g/mol. The molecular weight excluding hydrogens is 351 g/mol. The van der Waals surface area contributed by atoms with Gasteiger partial charge in [0.25, 0.3) is 0 Å². The van der Waals surface area contributed by atoms with E-state index in [-0.39, 0.29) is 5.82 Å². The van der Waals surface area contributed by atoms with Crippen LogP contribution in [0.4, 0.5) is 4.39 Å². The first-order valence-corrected chi connectivity index (χ1v) is 10.0. The summed E-state index contributed by atoms with van der Waals surface area (Å²) in [7, 11) is 0. The second-order valence-electron chi connectivity index (χ2n) is 6.14. The maximum Gasteiger partial charge on any atom is 0.191 e. The van der Waals surface area contributed by atoms with Crippen molar-refractivity contribution in [3.8, 4) is 0 Å². The van der Waals surface area contributed by atoms with E-state index in [2.05, 4.69) is 34.6 Å². The zero-order valence-electron chi connectivity index (χ0n) is 15.6. The molecule has 0 fully saturated rings. The maximum absolute atomic E-state index is 13.6. The number of halogens is 1. The lowest BCUT2D eigenvalue weighted by molar-refractivity contribution is 0.376. The van der Waals surface area contributed by atoms with Crippen LogP contribution < -0.4 is 10.6 Å². The van der Waals surface area contributed by atoms with E-state index in [4.69, 9.17) is 4.52 Å². The summed E-state index contributed by atoms with van der Waals surface area (Å²) in [5, 5.41) is 10.5. The topological polar surface area (TPSA) is 62.5 Å². The van der Waals surface area contributed by atoms with Gasteiger partial charge in [0.05, 0.1) is 5.69 Å². The largest absolute Gasteiger partial charge is 0.359 e. The summed E-state index contributed by atoms with van der Waals surface area (Å²) in [5.41, 5.74) is 1.68. The van der Waals surface area contributed by atoms with Crippen molar-refractivity contribution in [2.24, 2.45) is 4.99 Å². The fourth-order valence-electron chi connectivity index (χ4n) is 2.21. The number of aliphatic imine (C=N–C) groups is 1. The van der Waals surface area contributed by atoms with Crippen LogP contribution in [0.2, 0.25) is 0 Å². The van der Waals surface area contributed by atoms with Crippen LogP contribution in [0.15, 0.2) is 39.8 Å². The molecule has 0 spiro atoms. The van der Waals surface area contributed by atoms with Crippen LogP contribution >= 0.6 is 11.8 Å². The van der Waals surface area contributed by atoms with Gasteiger partial charge in [-0.15, -0.1) is 0 Å². The van der Waals surface area contributed by atoms with Gasteiger partial charge in [0.2, 0.25) is 0 Å². The van der Waals surface area contributed by atoms with Crippen molar-refractivity contribution in [3.63, 3.8) is 0 Å². The molecule has 2 N–H and O–H groups in total. The molecule has 0 unspecified atom stereocenters. The third kappa shape index (κ3) is 6.71. The predicted octanol–water partition coefficient (Wildman–Crippen LogP) is 3.93. The number of aromatic nitrogens is 1. The fraction of sp³-hybridized carbons (Fsp3) is 0.474. The molecule has 0 aliphatic carbocycles. The molecule has 0 atom stereocenters. The Morgan fingerprint density at radius 2 is 2.12 bits per heavy atom. The molecule has 2 rings (SSSR count). The van der Waals surface area contributed by atoms with Gasteiger partial charge in [-0.25, -0.2) is 9.38 Å². The molecule has 1 aromatic heterocycles. The van der Waals surface area contributed by atoms with E-state index in [9.17, 15) is 4.39 Å². The first kappa shape index (κ1) is 20.3. The molecule has 0 aliphatic heterocycles. The van der Waals surface area contributed by atoms with Gasteiger partial charge >= 0.3 is 0 Å². The van der Waals surface area contributed by atoms with Crippen molar-refractivity contribution in [1.82, 2.24) is 15.8 Å². The van der Waals surface area contributed by atoms with Gasteiger partial charge in [0.15, 0.2) is 11.7 Å². The van der Waals surface area contributed by atoms with Gasteiger partial charge in [-0.3, -0.25) is 0 Å². The summed E-state index contributed by atoms with van der Waals surface area (Å²) in [5.74, 6) is 3.21. The van der Waals surface area contributed by atoms with Crippen LogP contribution in [-0.4, -0.2) is 30.0 Å². The summed E-state index contributed by atoms with van der Waals surface area (Å²) in [6, 6.07) is 8.84. The van der Waals surface area contributed by atoms with Gasteiger partial charge in [-0.1, -0.05) is 37.2 Å². The van der Waals surface area contributed by atoms with Gasteiger partial charge in [-0.2, -0.15) is 11.8 Å². The van der Waals surface area contributed by atoms with Crippen LogP contribution in [0.1, 0.15) is 43.7 Å². The van der Waals surface area contributed by atoms with E-state index >= 15 is 0 Å². The van der Waals surface area contributed by atoms with Crippen LogP contribution in [0, 0.1) is 5.82 Å². The Morgan fingerprint density at radius 1 is 1.31 bits per heavy atom. The second kappa shape index (κ2) is 10.9. The van der Waals surface area contributed by atoms with Gasteiger partial charge in [0, 0.05) is 30.7 Å². The van der Waals surface area contributed by atoms with Crippen molar-refractivity contribution in [2.75, 3.05) is 18.8 Å². The van der Waals surface area contributed by atoms with Crippen molar-refractivity contribution in [2.45, 2.75) is 39.0 Å². The summed E-state index contributed by atoms with van der Waals surface area (Å²) >= 11 is 1.69. The third-order valence-corrected chi connectivity index (χ3v) is 4.67. The van der Waals surface area contributed by atoms with Crippen LogP contribution in [0.3, 0.4) is 0 Å². The smallest absolute Gasteiger partial charge is 0.191 e. The molecule has 0 radical (unpaired) electrons. The Morgan fingerprint density at radius 3 is 2.81 bits per heavy atom. The lowest BCUT2D eigenvalue weighted by Crippen LogP contribution is -2.38. The van der Waals surface area contributed by atoms with E-state index in [0.717, 1.165) is 41.8 Å². The highest BCUT2D eigenvalue weighted by Gasteiger charge is 2.07. The number of guanidine groups is 1. The van der Waals surface area contributed by atoms with Crippen molar-refractivity contribution in [3.05, 3.63) is 53.2 Å². The van der Waals surface area contributed by atoms with Crippen molar-refractivity contribution < 1.29 is 8.91 Å². The number of nitrogens with zero attached hydrogens (tertiary/aromatic N) is 2. The molecule has 1 aromatic carbocycles. The van der Waals surface area contributed by atoms with E-state index in [1.165, 1.54) is 6.07 Å². The third-order valence-electron chi connectivity index (χ3n) is 3.66. The van der Waals surface area contributed by atoms with Crippen LogP contribution in [0.5, 0.6) is 0 Å². The van der Waals surface area contributed by atoms with E-state index in [0.29, 0.717) is 18.2 Å². The van der Waals surface area contributed by atoms with Gasteiger partial charge in [-0.05, 0) is 24.5 Å². The minimum atomic E-state index is -0.143. The van der Waals surface area contributed by atoms with Crippen LogP contribution in [-0.2, 0) is 12.3 Å². The molecule has 0 saturated carbocycles. The molecule has 0 saturated heterocycles. The molecule has 0 bridgehead atoms. The number of nitrogens with one attached hydrogen (secondary N) is 2. The average Bonchev–Trinajstić information content (AvgIpc) is 3.10. The molecule has 1 heterocycles. The quantitative estimate of drug-likeness (QED) is 0.393. The summed E-state index contributed by atoms with van der Waals surface area (Å²) in [6.07, 6.45) is 0. The molecule has 0 amide bonds. The Labute approximate surface area is 158 Å². The first-order chi connectivity index (χ1) is 12.6. The predicted molar refractivity (Wildman–Crippen MR) is 106 cm³/mol. The number of benzene rings is 1. The number of hydrogen-bond acceptors (Lipinski definition) is 4. The Kier molecular flexibility index (Phi) is 8.47. The van der Waals surface area contributed by atoms with E-state index in [1.54, 1.807) is 17.8 Å². The zero-order chi connectivity index (χ0) is 18.8. The number of rotatable bonds is 9. The highest BCUT2D eigenvalue weighted by Crippen LogP contribution is 2.15. The molecule has 142 valence electrons. The number of hydrogen-bond donors (Lipinski definition) is 2. The minimum Gasteiger partial charge on any atom is -0.359 e. The summed E-state index contributed by atoms with van der Waals surface area (Å²) in [6.45, 7) is 8.15. The molecule has 2 aromatic rings. The average molecular weight is 379 g/mol. The highest BCUT2D eigenvalue weighted by molar-refractivity contribution is 7.98. The zero-order valence-corrected chi connectivity index (χ0v) is 16.4. The van der Waals surface area contributed by atoms with Gasteiger partial charge < -0.3 is 15.2 Å². The van der Waals surface area contributed by atoms with Crippen molar-refractivity contribution in [1.29, 1.82) is 0 Å². The second-order valence-corrected chi connectivity index (χ2v) is 7.24. The molecule has 0 aliphatic rings. The molecule has 7 heteroatoms. The van der Waals surface area contributed by atoms with Crippen molar-refractivity contribution >= 4 is 17.7 Å². The molecule has 5 nitrogen and oxygen atoms in total. The number of thioether (sulfide) groups is 1. The van der Waals surface area contributed by atoms with Crippen LogP contribution in [0.25, 0.3) is 0 Å². The first-order valence-electron chi connectivity index (χ1n) is 8.89. The van der Waals surface area contributed by atoms with E-state index in [1.807, 2.05) is 25.1 Å². The lowest BCUT2D eigenvalue weighted by Gasteiger charge is -2.10. The Bertz CT molecular complexity index is 702. The summed E-state index contributed by atoms with van der Waals surface area (Å²) in [4.78, 5) is 4.52.